The number of hydrogen-bond donors (Lipinski definition) is 0. The van der Waals surface area contributed by atoms with Crippen LogP contribution < -0.4 is 0 Å². The predicted octanol–water partition coefficient (Wildman–Crippen LogP) is 3.52. The minimum absolute atomic E-state index is 0.807. The lowest BCUT2D eigenvalue weighted by Crippen LogP contribution is -2.48. The van der Waals surface area contributed by atoms with Crippen LogP contribution in [0.15, 0.2) is 34.7 Å². The van der Waals surface area contributed by atoms with Crippen molar-refractivity contribution < 1.29 is 4.42 Å². The molecule has 1 fully saturated rings. The van der Waals surface area contributed by atoms with Crippen molar-refractivity contribution in [3.05, 3.63) is 36.1 Å². The molecule has 90 valence electrons. The summed E-state index contributed by atoms with van der Waals surface area (Å²) in [5, 5.41) is 1.21. The van der Waals surface area contributed by atoms with Crippen molar-refractivity contribution in [3.8, 4) is 0 Å². The van der Waals surface area contributed by atoms with Gasteiger partial charge in [0.05, 0.1) is 6.54 Å². The Morgan fingerprint density at radius 1 is 1.29 bits per heavy atom. The maximum absolute atomic E-state index is 5.83. The first-order valence-electron chi connectivity index (χ1n) is 6.42. The summed E-state index contributed by atoms with van der Waals surface area (Å²) in [5.74, 6) is 2.77. The molecule has 1 aliphatic heterocycles. The second-order valence-corrected chi connectivity index (χ2v) is 5.45. The Morgan fingerprint density at radius 3 is 2.76 bits per heavy atom. The lowest BCUT2D eigenvalue weighted by atomic mass is 9.88. The molecule has 0 spiro atoms. The summed E-state index contributed by atoms with van der Waals surface area (Å²) in [6.07, 6.45) is 0. The highest BCUT2D eigenvalue weighted by Crippen LogP contribution is 2.27. The third-order valence-corrected chi connectivity index (χ3v) is 3.78. The van der Waals surface area contributed by atoms with Crippen molar-refractivity contribution in [3.63, 3.8) is 0 Å². The molecule has 1 aromatic carbocycles. The predicted molar refractivity (Wildman–Crippen MR) is 69.8 cm³/mol. The molecule has 2 nitrogen and oxygen atoms in total. The van der Waals surface area contributed by atoms with Crippen molar-refractivity contribution in [2.24, 2.45) is 11.8 Å². The molecule has 1 saturated heterocycles. The van der Waals surface area contributed by atoms with Crippen molar-refractivity contribution in [2.45, 2.75) is 20.4 Å². The van der Waals surface area contributed by atoms with Gasteiger partial charge in [-0.05, 0) is 24.0 Å². The molecule has 0 aliphatic carbocycles. The number of rotatable bonds is 3. The van der Waals surface area contributed by atoms with Crippen LogP contribution in [0.2, 0.25) is 0 Å². The molecule has 0 bridgehead atoms. The third-order valence-electron chi connectivity index (χ3n) is 3.78. The highest BCUT2D eigenvalue weighted by molar-refractivity contribution is 5.77. The van der Waals surface area contributed by atoms with Gasteiger partial charge >= 0.3 is 0 Å². The van der Waals surface area contributed by atoms with Gasteiger partial charge in [0, 0.05) is 18.5 Å². The van der Waals surface area contributed by atoms with E-state index in [4.69, 9.17) is 4.42 Å². The Bertz CT molecular complexity index is 475. The minimum atomic E-state index is 0.807. The first-order valence-corrected chi connectivity index (χ1v) is 6.42. The Hall–Kier alpha value is -1.28. The molecule has 0 N–H and O–H groups in total. The van der Waals surface area contributed by atoms with Crippen LogP contribution in [0.5, 0.6) is 0 Å². The maximum Gasteiger partial charge on any atom is 0.134 e. The fourth-order valence-electron chi connectivity index (χ4n) is 2.50. The van der Waals surface area contributed by atoms with E-state index in [-0.39, 0.29) is 0 Å². The third kappa shape index (κ3) is 2.09. The molecular formula is C15H19NO. The summed E-state index contributed by atoms with van der Waals surface area (Å²) in [7, 11) is 0. The van der Waals surface area contributed by atoms with Crippen LogP contribution in [-0.2, 0) is 6.54 Å². The molecule has 0 saturated carbocycles. The van der Waals surface area contributed by atoms with Crippen molar-refractivity contribution in [2.75, 3.05) is 13.1 Å². The van der Waals surface area contributed by atoms with Gasteiger partial charge in [0.1, 0.15) is 11.3 Å². The number of likely N-dealkylation sites (tertiary alicyclic amines) is 1. The number of para-hydroxylation sites is 1. The van der Waals surface area contributed by atoms with Crippen LogP contribution in [-0.4, -0.2) is 18.0 Å². The van der Waals surface area contributed by atoms with E-state index in [0.29, 0.717) is 0 Å². The highest BCUT2D eigenvalue weighted by atomic mass is 16.3. The van der Waals surface area contributed by atoms with Crippen LogP contribution in [0.25, 0.3) is 11.0 Å². The number of benzene rings is 1. The van der Waals surface area contributed by atoms with Gasteiger partial charge in [0.2, 0.25) is 0 Å². The molecule has 0 amide bonds. The van der Waals surface area contributed by atoms with Gasteiger partial charge in [-0.15, -0.1) is 0 Å². The summed E-state index contributed by atoms with van der Waals surface area (Å²) in [4.78, 5) is 2.46. The van der Waals surface area contributed by atoms with Gasteiger partial charge in [-0.25, -0.2) is 0 Å². The zero-order valence-corrected chi connectivity index (χ0v) is 10.5. The molecule has 2 heterocycles. The van der Waals surface area contributed by atoms with Gasteiger partial charge in [-0.2, -0.15) is 0 Å². The van der Waals surface area contributed by atoms with E-state index in [1.165, 1.54) is 18.5 Å². The fraction of sp³-hybridized carbons (Fsp3) is 0.467. The van der Waals surface area contributed by atoms with Crippen molar-refractivity contribution >= 4 is 11.0 Å². The summed E-state index contributed by atoms with van der Waals surface area (Å²) in [6.45, 7) is 8.01. The first kappa shape index (κ1) is 10.8. The Balaban J connectivity index is 1.66. The average Bonchev–Trinajstić information content (AvgIpc) is 2.64. The van der Waals surface area contributed by atoms with E-state index < -0.39 is 0 Å². The molecule has 0 radical (unpaired) electrons. The Morgan fingerprint density at radius 2 is 2.06 bits per heavy atom. The van der Waals surface area contributed by atoms with Gasteiger partial charge in [0.25, 0.3) is 0 Å². The SMILES string of the molecule is CC(C)C1CN(Cc2cc3ccccc3o2)C1. The number of hydrogen-bond acceptors (Lipinski definition) is 2. The van der Waals surface area contributed by atoms with Crippen molar-refractivity contribution in [1.82, 2.24) is 4.90 Å². The normalized spacial score (nSPS) is 17.8. The molecule has 1 aromatic heterocycles. The Labute approximate surface area is 102 Å². The fourth-order valence-corrected chi connectivity index (χ4v) is 2.50. The van der Waals surface area contributed by atoms with E-state index >= 15 is 0 Å². The highest BCUT2D eigenvalue weighted by Gasteiger charge is 2.29. The van der Waals surface area contributed by atoms with Crippen LogP contribution in [0.3, 0.4) is 0 Å². The smallest absolute Gasteiger partial charge is 0.134 e. The van der Waals surface area contributed by atoms with E-state index in [2.05, 4.69) is 36.9 Å². The van der Waals surface area contributed by atoms with Gasteiger partial charge in [0.15, 0.2) is 0 Å². The zero-order valence-electron chi connectivity index (χ0n) is 10.5. The first-order chi connectivity index (χ1) is 8.22. The summed E-state index contributed by atoms with van der Waals surface area (Å²) in [5.41, 5.74) is 1.00. The number of nitrogens with zero attached hydrogens (tertiary/aromatic N) is 1. The monoisotopic (exact) mass is 229 g/mol. The van der Waals surface area contributed by atoms with Crippen LogP contribution in [0, 0.1) is 11.8 Å². The molecule has 2 aromatic rings. The quantitative estimate of drug-likeness (QED) is 0.800. The topological polar surface area (TPSA) is 16.4 Å². The number of fused-ring (bicyclic) bond motifs is 1. The van der Waals surface area contributed by atoms with E-state index in [1.54, 1.807) is 0 Å². The maximum atomic E-state index is 5.83. The molecule has 2 heteroatoms. The Kier molecular flexibility index (Phi) is 2.67. The summed E-state index contributed by atoms with van der Waals surface area (Å²) >= 11 is 0. The molecule has 0 unspecified atom stereocenters. The van der Waals surface area contributed by atoms with E-state index in [1.807, 2.05) is 12.1 Å². The van der Waals surface area contributed by atoms with Crippen molar-refractivity contribution in [1.29, 1.82) is 0 Å². The van der Waals surface area contributed by atoms with Crippen LogP contribution >= 0.6 is 0 Å². The molecule has 1 aliphatic rings. The van der Waals surface area contributed by atoms with Gasteiger partial charge in [-0.3, -0.25) is 4.90 Å². The average molecular weight is 229 g/mol. The number of furan rings is 1. The second kappa shape index (κ2) is 4.19. The van der Waals surface area contributed by atoms with Crippen LogP contribution in [0.4, 0.5) is 0 Å². The van der Waals surface area contributed by atoms with Gasteiger partial charge < -0.3 is 4.42 Å². The largest absolute Gasteiger partial charge is 0.460 e. The van der Waals surface area contributed by atoms with Gasteiger partial charge in [-0.1, -0.05) is 32.0 Å². The lowest BCUT2D eigenvalue weighted by Gasteiger charge is -2.41. The molecule has 3 rings (SSSR count). The lowest BCUT2D eigenvalue weighted by molar-refractivity contribution is 0.0557. The van der Waals surface area contributed by atoms with E-state index in [9.17, 15) is 0 Å². The second-order valence-electron chi connectivity index (χ2n) is 5.45. The standard InChI is InChI=1S/C15H19NO/c1-11(2)13-8-16(9-13)10-14-7-12-5-3-4-6-15(12)17-14/h3-7,11,13H,8-10H2,1-2H3. The van der Waals surface area contributed by atoms with Crippen LogP contribution in [0.1, 0.15) is 19.6 Å². The molecule has 0 atom stereocenters. The summed E-state index contributed by atoms with van der Waals surface area (Å²) < 4.78 is 5.83. The molecular weight excluding hydrogens is 210 g/mol. The minimum Gasteiger partial charge on any atom is -0.460 e. The summed E-state index contributed by atoms with van der Waals surface area (Å²) in [6, 6.07) is 10.4. The van der Waals surface area contributed by atoms with E-state index in [0.717, 1.165) is 29.7 Å². The molecule has 17 heavy (non-hydrogen) atoms. The zero-order chi connectivity index (χ0) is 11.8.